The van der Waals surface area contributed by atoms with Crippen LogP contribution < -0.4 is 0 Å². The van der Waals surface area contributed by atoms with Crippen molar-refractivity contribution in [1.29, 1.82) is 0 Å². The molecule has 0 aromatic rings. The topological polar surface area (TPSA) is 78.9 Å². The van der Waals surface area contributed by atoms with E-state index in [-0.39, 0.29) is 37.5 Å². The lowest BCUT2D eigenvalue weighted by atomic mass is 10.1. The minimum absolute atomic E-state index is 0.107. The Bertz CT molecular complexity index is 1340. The van der Waals surface area contributed by atoms with Gasteiger partial charge >= 0.3 is 17.9 Å². The number of carbonyl (C=O) groups excluding carboxylic acids is 3. The van der Waals surface area contributed by atoms with Crippen molar-refractivity contribution in [1.82, 2.24) is 0 Å². The Morgan fingerprint density at radius 1 is 0.344 bits per heavy atom. The molecule has 0 aromatic carbocycles. The zero-order chi connectivity index (χ0) is 46.5. The van der Waals surface area contributed by atoms with Crippen LogP contribution in [-0.2, 0) is 28.6 Å². The Morgan fingerprint density at radius 3 is 1.17 bits per heavy atom. The van der Waals surface area contributed by atoms with Gasteiger partial charge in [0.2, 0.25) is 0 Å². The van der Waals surface area contributed by atoms with Gasteiger partial charge in [0.25, 0.3) is 0 Å². The molecule has 1 unspecified atom stereocenters. The molecule has 1 atom stereocenters. The minimum atomic E-state index is -0.810. The number of carbonyl (C=O) groups is 3. The molecule has 0 heterocycles. The van der Waals surface area contributed by atoms with Crippen LogP contribution in [0.2, 0.25) is 0 Å². The van der Waals surface area contributed by atoms with Crippen molar-refractivity contribution in [3.8, 4) is 0 Å². The minimum Gasteiger partial charge on any atom is -0.462 e. The zero-order valence-corrected chi connectivity index (χ0v) is 41.3. The summed E-state index contributed by atoms with van der Waals surface area (Å²) in [5.41, 5.74) is 0. The van der Waals surface area contributed by atoms with E-state index in [1.54, 1.807) is 0 Å². The number of rotatable bonds is 45. The van der Waals surface area contributed by atoms with Crippen molar-refractivity contribution in [2.45, 2.75) is 226 Å². The molecule has 0 spiro atoms. The molecule has 0 saturated heterocycles. The van der Waals surface area contributed by atoms with Crippen LogP contribution in [0.5, 0.6) is 0 Å². The highest BCUT2D eigenvalue weighted by Gasteiger charge is 2.19. The second kappa shape index (κ2) is 51.7. The molecule has 0 aliphatic carbocycles. The van der Waals surface area contributed by atoms with Gasteiger partial charge in [0.1, 0.15) is 13.2 Å². The van der Waals surface area contributed by atoms with Crippen LogP contribution >= 0.6 is 0 Å². The van der Waals surface area contributed by atoms with Crippen molar-refractivity contribution < 1.29 is 28.6 Å². The summed E-state index contributed by atoms with van der Waals surface area (Å²) in [5, 5.41) is 0. The Morgan fingerprint density at radius 2 is 0.703 bits per heavy atom. The van der Waals surface area contributed by atoms with Gasteiger partial charge in [0, 0.05) is 19.3 Å². The van der Waals surface area contributed by atoms with Crippen LogP contribution in [0.4, 0.5) is 0 Å². The van der Waals surface area contributed by atoms with Crippen molar-refractivity contribution in [2.24, 2.45) is 0 Å². The van der Waals surface area contributed by atoms with Crippen LogP contribution in [0, 0.1) is 0 Å². The Kier molecular flexibility index (Phi) is 48.5. The van der Waals surface area contributed by atoms with Gasteiger partial charge in [-0.3, -0.25) is 14.4 Å². The maximum atomic E-state index is 12.8. The first kappa shape index (κ1) is 60.1. The lowest BCUT2D eigenvalue weighted by molar-refractivity contribution is -0.167. The maximum absolute atomic E-state index is 12.8. The van der Waals surface area contributed by atoms with E-state index in [1.807, 2.05) is 30.4 Å². The average molecular weight is 887 g/mol. The molecule has 6 nitrogen and oxygen atoms in total. The fraction of sp³-hybridized carbons (Fsp3) is 0.638. The standard InChI is InChI=1S/C58H94O6/c1-4-7-10-13-16-19-22-25-27-29-30-32-33-36-39-42-45-48-51-57(60)63-54-55(53-62-56(59)50-47-44-41-38-35-24-21-18-15-12-9-6-3)64-58(61)52-49-46-43-40-37-34-31-28-26-23-20-17-14-11-8-5-2/h9-10,12-13,16,18-19,21-22,25,27-32,34,37,55H,4-8,11,14-15,17,20,23-24,26,33,35-36,38-54H2,1-3H3/b12-9-,13-10-,19-16-,21-18-,25-22-,29-27-,31-28-,32-30-,37-34-. The van der Waals surface area contributed by atoms with Crippen LogP contribution in [0.1, 0.15) is 220 Å². The van der Waals surface area contributed by atoms with Crippen LogP contribution in [0.25, 0.3) is 0 Å². The summed E-state index contributed by atoms with van der Waals surface area (Å²) in [7, 11) is 0. The van der Waals surface area contributed by atoms with Gasteiger partial charge < -0.3 is 14.2 Å². The van der Waals surface area contributed by atoms with Crippen LogP contribution in [0.3, 0.4) is 0 Å². The Hall–Kier alpha value is -3.93. The largest absolute Gasteiger partial charge is 0.462 e. The predicted molar refractivity (Wildman–Crippen MR) is 274 cm³/mol. The van der Waals surface area contributed by atoms with E-state index in [4.69, 9.17) is 14.2 Å². The monoisotopic (exact) mass is 887 g/mol. The molecular weight excluding hydrogens is 793 g/mol. The van der Waals surface area contributed by atoms with Gasteiger partial charge in [0.05, 0.1) is 0 Å². The van der Waals surface area contributed by atoms with Crippen molar-refractivity contribution in [3.63, 3.8) is 0 Å². The summed E-state index contributed by atoms with van der Waals surface area (Å²) in [6.07, 6.45) is 69.2. The van der Waals surface area contributed by atoms with E-state index in [0.717, 1.165) is 128 Å². The lowest BCUT2D eigenvalue weighted by Crippen LogP contribution is -2.30. The normalized spacial score (nSPS) is 13.0. The second-order valence-electron chi connectivity index (χ2n) is 16.8. The first-order valence-corrected chi connectivity index (χ1v) is 26.0. The summed E-state index contributed by atoms with van der Waals surface area (Å²) in [4.78, 5) is 38.0. The molecule has 0 aliphatic rings. The number of allylic oxidation sites excluding steroid dienone is 18. The summed E-state index contributed by atoms with van der Waals surface area (Å²) in [5.74, 6) is -0.978. The summed E-state index contributed by atoms with van der Waals surface area (Å²) in [6.45, 7) is 6.36. The van der Waals surface area contributed by atoms with E-state index >= 15 is 0 Å². The predicted octanol–water partition coefficient (Wildman–Crippen LogP) is 17.1. The molecule has 0 fully saturated rings. The number of hydrogen-bond acceptors (Lipinski definition) is 6. The van der Waals surface area contributed by atoms with Crippen molar-refractivity contribution in [3.05, 3.63) is 109 Å². The lowest BCUT2D eigenvalue weighted by Gasteiger charge is -2.18. The van der Waals surface area contributed by atoms with Gasteiger partial charge in [-0.2, -0.15) is 0 Å². The van der Waals surface area contributed by atoms with E-state index < -0.39 is 6.10 Å². The second-order valence-corrected chi connectivity index (χ2v) is 16.8. The summed E-state index contributed by atoms with van der Waals surface area (Å²) >= 11 is 0. The van der Waals surface area contributed by atoms with Crippen LogP contribution in [-0.4, -0.2) is 37.2 Å². The third kappa shape index (κ3) is 49.1. The molecule has 0 amide bonds. The highest BCUT2D eigenvalue weighted by molar-refractivity contribution is 5.71. The van der Waals surface area contributed by atoms with E-state index in [2.05, 4.69) is 99.8 Å². The average Bonchev–Trinajstić information content (AvgIpc) is 3.29. The molecule has 0 radical (unpaired) electrons. The van der Waals surface area contributed by atoms with Crippen LogP contribution in [0.15, 0.2) is 109 Å². The van der Waals surface area contributed by atoms with E-state index in [9.17, 15) is 14.4 Å². The van der Waals surface area contributed by atoms with E-state index in [0.29, 0.717) is 12.8 Å². The molecular formula is C58H94O6. The third-order valence-corrected chi connectivity index (χ3v) is 10.6. The van der Waals surface area contributed by atoms with Crippen molar-refractivity contribution in [2.75, 3.05) is 13.2 Å². The molecule has 6 heteroatoms. The first-order valence-electron chi connectivity index (χ1n) is 26.0. The molecule has 0 bridgehead atoms. The highest BCUT2D eigenvalue weighted by atomic mass is 16.6. The van der Waals surface area contributed by atoms with Gasteiger partial charge in [0.15, 0.2) is 6.10 Å². The molecule has 0 saturated carbocycles. The quantitative estimate of drug-likeness (QED) is 0.0199. The molecule has 0 rings (SSSR count). The van der Waals surface area contributed by atoms with Gasteiger partial charge in [-0.15, -0.1) is 0 Å². The Labute approximate surface area is 393 Å². The zero-order valence-electron chi connectivity index (χ0n) is 41.3. The van der Waals surface area contributed by atoms with Gasteiger partial charge in [-0.05, 0) is 89.9 Å². The molecule has 64 heavy (non-hydrogen) atoms. The van der Waals surface area contributed by atoms with Crippen molar-refractivity contribution >= 4 is 17.9 Å². The maximum Gasteiger partial charge on any atom is 0.306 e. The van der Waals surface area contributed by atoms with Gasteiger partial charge in [-0.1, -0.05) is 220 Å². The highest BCUT2D eigenvalue weighted by Crippen LogP contribution is 2.13. The van der Waals surface area contributed by atoms with E-state index in [1.165, 1.54) is 51.4 Å². The number of unbranched alkanes of at least 4 members (excludes halogenated alkanes) is 21. The molecule has 362 valence electrons. The SMILES string of the molecule is CC/C=C\C/C=C\CCCCCCCC(=O)OCC(COC(=O)CCCCCCC\C=C/C=C\C=C/C=C\C=C/CCC)OC(=O)CCCCC/C=C\C=C/CCCCCCCCC. The number of ether oxygens (including phenoxy) is 3. The Balaban J connectivity index is 4.51. The van der Waals surface area contributed by atoms with Gasteiger partial charge in [-0.25, -0.2) is 0 Å². The fourth-order valence-corrected chi connectivity index (χ4v) is 6.73. The smallest absolute Gasteiger partial charge is 0.306 e. The fourth-order valence-electron chi connectivity index (χ4n) is 6.73. The summed E-state index contributed by atoms with van der Waals surface area (Å²) < 4.78 is 16.7. The first-order chi connectivity index (χ1) is 31.5. The summed E-state index contributed by atoms with van der Waals surface area (Å²) in [6, 6.07) is 0. The molecule has 0 aliphatic heterocycles. The molecule has 0 N–H and O–H groups in total. The molecule has 0 aromatic heterocycles. The third-order valence-electron chi connectivity index (χ3n) is 10.6. The number of esters is 3. The number of hydrogen-bond donors (Lipinski definition) is 0.